The molecule has 11 nitrogen and oxygen atoms in total. The van der Waals surface area contributed by atoms with Gasteiger partial charge in [-0.15, -0.1) is 0 Å². The number of pyridine rings is 2. The van der Waals surface area contributed by atoms with E-state index in [0.717, 1.165) is 17.0 Å². The Balaban J connectivity index is 1.29. The first kappa shape index (κ1) is 31.0. The highest BCUT2D eigenvalue weighted by molar-refractivity contribution is 5.52. The molecular formula is C33H37N5O6. The SMILES string of the molecule is Oc1ccc(N=Nc2ccc3c(c2)OCCOCCOCCOCCO3)cc1CN(Cc1ccccn1)Cc1ccccn1. The molecule has 0 saturated heterocycles. The van der Waals surface area contributed by atoms with Crippen molar-refractivity contribution in [3.8, 4) is 17.2 Å². The van der Waals surface area contributed by atoms with Crippen LogP contribution in [0.15, 0.2) is 95.4 Å². The number of phenolic OH excluding ortho intramolecular Hbond substituents is 1. The number of phenols is 1. The predicted octanol–water partition coefficient (Wildman–Crippen LogP) is 5.62. The van der Waals surface area contributed by atoms with Crippen LogP contribution in [0.2, 0.25) is 0 Å². The monoisotopic (exact) mass is 599 g/mol. The second-order valence-electron chi connectivity index (χ2n) is 9.97. The van der Waals surface area contributed by atoms with Gasteiger partial charge in [-0.25, -0.2) is 0 Å². The Morgan fingerprint density at radius 3 is 1.73 bits per heavy atom. The number of ether oxygens (including phenoxy) is 5. The van der Waals surface area contributed by atoms with E-state index in [0.29, 0.717) is 95.4 Å². The lowest BCUT2D eigenvalue weighted by Gasteiger charge is -2.22. The highest BCUT2D eigenvalue weighted by Crippen LogP contribution is 2.33. The Bertz CT molecular complexity index is 1420. The average molecular weight is 600 g/mol. The molecule has 1 N–H and O–H groups in total. The molecule has 0 amide bonds. The molecule has 11 heteroatoms. The van der Waals surface area contributed by atoms with Gasteiger partial charge in [0.15, 0.2) is 11.5 Å². The molecule has 2 aromatic heterocycles. The van der Waals surface area contributed by atoms with Crippen LogP contribution in [-0.2, 0) is 33.8 Å². The Labute approximate surface area is 257 Å². The molecule has 4 aromatic rings. The molecule has 0 radical (unpaired) electrons. The van der Waals surface area contributed by atoms with Gasteiger partial charge in [0.25, 0.3) is 0 Å². The normalized spacial score (nSPS) is 15.1. The zero-order chi connectivity index (χ0) is 30.2. The number of hydrogen-bond donors (Lipinski definition) is 1. The lowest BCUT2D eigenvalue weighted by Crippen LogP contribution is -2.23. The van der Waals surface area contributed by atoms with E-state index < -0.39 is 0 Å². The number of nitrogens with zero attached hydrogens (tertiary/aromatic N) is 5. The Kier molecular flexibility index (Phi) is 12.0. The quantitative estimate of drug-likeness (QED) is 0.257. The highest BCUT2D eigenvalue weighted by atomic mass is 16.6. The average Bonchev–Trinajstić information content (AvgIpc) is 3.06. The molecule has 0 saturated carbocycles. The van der Waals surface area contributed by atoms with Gasteiger partial charge in [-0.05, 0) is 54.6 Å². The fourth-order valence-corrected chi connectivity index (χ4v) is 4.48. The molecule has 0 bridgehead atoms. The van der Waals surface area contributed by atoms with Crippen LogP contribution >= 0.6 is 0 Å². The summed E-state index contributed by atoms with van der Waals surface area (Å²) in [5.41, 5.74) is 3.77. The van der Waals surface area contributed by atoms with E-state index in [1.54, 1.807) is 36.7 Å². The van der Waals surface area contributed by atoms with Crippen molar-refractivity contribution in [1.29, 1.82) is 0 Å². The Morgan fingerprint density at radius 1 is 0.591 bits per heavy atom. The van der Waals surface area contributed by atoms with Gasteiger partial charge in [-0.3, -0.25) is 14.9 Å². The lowest BCUT2D eigenvalue weighted by atomic mass is 10.1. The van der Waals surface area contributed by atoms with E-state index in [-0.39, 0.29) is 5.75 Å². The zero-order valence-electron chi connectivity index (χ0n) is 24.6. The zero-order valence-corrected chi connectivity index (χ0v) is 24.6. The summed E-state index contributed by atoms with van der Waals surface area (Å²) in [7, 11) is 0. The topological polar surface area (TPSA) is 120 Å². The maximum atomic E-state index is 10.7. The number of azo groups is 1. The number of aromatic hydroxyl groups is 1. The summed E-state index contributed by atoms with van der Waals surface area (Å²) in [4.78, 5) is 11.1. The van der Waals surface area contributed by atoms with Crippen LogP contribution in [0.5, 0.6) is 17.2 Å². The number of hydrogen-bond acceptors (Lipinski definition) is 11. The Hall–Kier alpha value is -4.42. The van der Waals surface area contributed by atoms with Crippen molar-refractivity contribution in [2.75, 3.05) is 52.9 Å². The summed E-state index contributed by atoms with van der Waals surface area (Å²) in [6, 6.07) is 22.3. The third-order valence-corrected chi connectivity index (χ3v) is 6.60. The minimum Gasteiger partial charge on any atom is -0.508 e. The maximum absolute atomic E-state index is 10.7. The van der Waals surface area contributed by atoms with Crippen LogP contribution in [0.25, 0.3) is 0 Å². The van der Waals surface area contributed by atoms with Crippen LogP contribution in [0.1, 0.15) is 17.0 Å². The van der Waals surface area contributed by atoms with Crippen molar-refractivity contribution in [2.24, 2.45) is 10.2 Å². The second-order valence-corrected chi connectivity index (χ2v) is 9.97. The molecule has 2 aromatic carbocycles. The molecule has 0 aliphatic carbocycles. The van der Waals surface area contributed by atoms with Gasteiger partial charge in [0.1, 0.15) is 19.0 Å². The van der Waals surface area contributed by atoms with E-state index >= 15 is 0 Å². The van der Waals surface area contributed by atoms with Crippen molar-refractivity contribution < 1.29 is 28.8 Å². The fourth-order valence-electron chi connectivity index (χ4n) is 4.48. The van der Waals surface area contributed by atoms with Crippen LogP contribution in [-0.4, -0.2) is 72.8 Å². The van der Waals surface area contributed by atoms with Gasteiger partial charge in [0.05, 0.1) is 62.4 Å². The van der Waals surface area contributed by atoms with Crippen molar-refractivity contribution in [2.45, 2.75) is 19.6 Å². The van der Waals surface area contributed by atoms with Crippen LogP contribution in [0.4, 0.5) is 11.4 Å². The smallest absolute Gasteiger partial charge is 0.163 e. The van der Waals surface area contributed by atoms with E-state index in [4.69, 9.17) is 23.7 Å². The molecule has 0 unspecified atom stereocenters. The third-order valence-electron chi connectivity index (χ3n) is 6.60. The molecule has 1 aliphatic heterocycles. The van der Waals surface area contributed by atoms with Gasteiger partial charge in [0, 0.05) is 43.7 Å². The predicted molar refractivity (Wildman–Crippen MR) is 164 cm³/mol. The number of aromatic nitrogens is 2. The summed E-state index contributed by atoms with van der Waals surface area (Å²) in [6.45, 7) is 5.22. The molecular weight excluding hydrogens is 562 g/mol. The summed E-state index contributed by atoms with van der Waals surface area (Å²) in [5, 5.41) is 19.6. The molecule has 3 heterocycles. The number of benzene rings is 2. The largest absolute Gasteiger partial charge is 0.508 e. The maximum Gasteiger partial charge on any atom is 0.163 e. The van der Waals surface area contributed by atoms with Crippen LogP contribution in [0.3, 0.4) is 0 Å². The molecule has 44 heavy (non-hydrogen) atoms. The van der Waals surface area contributed by atoms with Gasteiger partial charge < -0.3 is 28.8 Å². The summed E-state index contributed by atoms with van der Waals surface area (Å²) in [5.74, 6) is 1.31. The summed E-state index contributed by atoms with van der Waals surface area (Å²) >= 11 is 0. The standard InChI is InChI=1S/C33H37N5O6/c39-31-9-7-27(21-26(31)23-38(24-29-5-1-3-11-34-29)25-30-6-2-4-12-35-30)36-37-28-8-10-32-33(22-28)44-20-18-42-16-14-40-13-15-41-17-19-43-32/h1-12,21-22,39H,13-20,23-25H2. The number of fused-ring (bicyclic) bond motifs is 1. The fraction of sp³-hybridized carbons (Fsp3) is 0.333. The molecule has 1 aliphatic rings. The molecule has 5 rings (SSSR count). The molecule has 0 spiro atoms. The third kappa shape index (κ3) is 10.1. The van der Waals surface area contributed by atoms with Crippen molar-refractivity contribution in [3.05, 3.63) is 102 Å². The van der Waals surface area contributed by atoms with Crippen LogP contribution in [0, 0.1) is 0 Å². The minimum atomic E-state index is 0.182. The van der Waals surface area contributed by atoms with Crippen molar-refractivity contribution >= 4 is 11.4 Å². The number of rotatable bonds is 8. The van der Waals surface area contributed by atoms with Crippen molar-refractivity contribution in [3.63, 3.8) is 0 Å². The first-order chi connectivity index (χ1) is 21.7. The van der Waals surface area contributed by atoms with Crippen molar-refractivity contribution in [1.82, 2.24) is 14.9 Å². The van der Waals surface area contributed by atoms with Gasteiger partial charge >= 0.3 is 0 Å². The van der Waals surface area contributed by atoms with Crippen LogP contribution < -0.4 is 9.47 Å². The molecule has 0 fully saturated rings. The Morgan fingerprint density at radius 2 is 1.14 bits per heavy atom. The second kappa shape index (κ2) is 17.0. The lowest BCUT2D eigenvalue weighted by molar-refractivity contribution is 0.00708. The minimum absolute atomic E-state index is 0.182. The summed E-state index contributed by atoms with van der Waals surface area (Å²) < 4.78 is 28.4. The van der Waals surface area contributed by atoms with E-state index in [2.05, 4.69) is 25.1 Å². The van der Waals surface area contributed by atoms with E-state index in [1.165, 1.54) is 0 Å². The first-order valence-electron chi connectivity index (χ1n) is 14.6. The van der Waals surface area contributed by atoms with Gasteiger partial charge in [0.2, 0.25) is 0 Å². The first-order valence-corrected chi connectivity index (χ1v) is 14.6. The summed E-state index contributed by atoms with van der Waals surface area (Å²) in [6.07, 6.45) is 3.56. The molecule has 230 valence electrons. The van der Waals surface area contributed by atoms with E-state index in [9.17, 15) is 5.11 Å². The highest BCUT2D eigenvalue weighted by Gasteiger charge is 2.14. The van der Waals surface area contributed by atoms with Gasteiger partial charge in [-0.2, -0.15) is 10.2 Å². The van der Waals surface area contributed by atoms with E-state index in [1.807, 2.05) is 48.5 Å². The van der Waals surface area contributed by atoms with Gasteiger partial charge in [-0.1, -0.05) is 12.1 Å². The molecule has 0 atom stereocenters.